The van der Waals surface area contributed by atoms with E-state index < -0.39 is 6.04 Å². The molecule has 2 rings (SSSR count). The quantitative estimate of drug-likeness (QED) is 0.811. The van der Waals surface area contributed by atoms with Gasteiger partial charge in [0.15, 0.2) is 0 Å². The van der Waals surface area contributed by atoms with E-state index in [2.05, 4.69) is 10.1 Å². The number of nitrogens with two attached hydrogens (primary N) is 1. The number of ether oxygens (including phenoxy) is 1. The van der Waals surface area contributed by atoms with Crippen LogP contribution in [-0.4, -0.2) is 29.0 Å². The first-order valence-electron chi connectivity index (χ1n) is 5.09. The molecule has 0 amide bonds. The Bertz CT molecular complexity index is 481. The third-order valence-electron chi connectivity index (χ3n) is 2.30. The highest BCUT2D eigenvalue weighted by molar-refractivity contribution is 5.55. The Balaban J connectivity index is 2.24. The van der Waals surface area contributed by atoms with Crippen LogP contribution in [0, 0.1) is 0 Å². The van der Waals surface area contributed by atoms with Gasteiger partial charge in [-0.25, -0.2) is 0 Å². The van der Waals surface area contributed by atoms with E-state index in [0.29, 0.717) is 5.82 Å². The normalized spacial score (nSPS) is 12.4. The first-order chi connectivity index (χ1) is 8.24. The van der Waals surface area contributed by atoms with Gasteiger partial charge in [0.25, 0.3) is 0 Å². The fourth-order valence-electron chi connectivity index (χ4n) is 1.32. The van der Waals surface area contributed by atoms with Gasteiger partial charge in [0, 0.05) is 5.56 Å². The Morgan fingerprint density at radius 3 is 2.71 bits per heavy atom. The minimum absolute atomic E-state index is 0.221. The van der Waals surface area contributed by atoms with Crippen LogP contribution in [0.5, 0.6) is 5.75 Å². The minimum Gasteiger partial charge on any atom is -0.497 e. The summed E-state index contributed by atoms with van der Waals surface area (Å²) in [5.74, 6) is 1.41. The van der Waals surface area contributed by atoms with Crippen molar-refractivity contribution in [2.24, 2.45) is 5.73 Å². The van der Waals surface area contributed by atoms with E-state index in [9.17, 15) is 0 Å². The van der Waals surface area contributed by atoms with E-state index >= 15 is 0 Å². The van der Waals surface area contributed by atoms with Crippen LogP contribution in [0.25, 0.3) is 11.4 Å². The van der Waals surface area contributed by atoms with E-state index in [-0.39, 0.29) is 12.5 Å². The van der Waals surface area contributed by atoms with Gasteiger partial charge in [0.05, 0.1) is 13.7 Å². The number of aromatic nitrogens is 2. The SMILES string of the molecule is COc1ccc(-c2noc(C(N)CO)n2)cc1. The molecule has 0 radical (unpaired) electrons. The summed E-state index contributed by atoms with van der Waals surface area (Å²) in [6.07, 6.45) is 0. The summed E-state index contributed by atoms with van der Waals surface area (Å²) < 4.78 is 10.00. The van der Waals surface area contributed by atoms with Crippen LogP contribution in [0.4, 0.5) is 0 Å². The third kappa shape index (κ3) is 2.43. The van der Waals surface area contributed by atoms with Crippen LogP contribution >= 0.6 is 0 Å². The van der Waals surface area contributed by atoms with Gasteiger partial charge >= 0.3 is 0 Å². The molecule has 1 unspecified atom stereocenters. The van der Waals surface area contributed by atoms with Crippen molar-refractivity contribution >= 4 is 0 Å². The van der Waals surface area contributed by atoms with Crippen molar-refractivity contribution in [1.82, 2.24) is 10.1 Å². The summed E-state index contributed by atoms with van der Waals surface area (Å²) in [4.78, 5) is 4.10. The summed E-state index contributed by atoms with van der Waals surface area (Å²) in [6, 6.07) is 6.60. The molecular weight excluding hydrogens is 222 g/mol. The highest BCUT2D eigenvalue weighted by Gasteiger charge is 2.14. The summed E-state index contributed by atoms with van der Waals surface area (Å²) >= 11 is 0. The molecule has 0 aliphatic carbocycles. The lowest BCUT2D eigenvalue weighted by Crippen LogP contribution is -2.14. The van der Waals surface area contributed by atoms with E-state index in [1.807, 2.05) is 12.1 Å². The topological polar surface area (TPSA) is 94.4 Å². The number of aliphatic hydroxyl groups is 1. The largest absolute Gasteiger partial charge is 0.497 e. The molecule has 1 heterocycles. The van der Waals surface area contributed by atoms with Crippen molar-refractivity contribution in [3.8, 4) is 17.1 Å². The molecule has 0 spiro atoms. The lowest BCUT2D eigenvalue weighted by atomic mass is 10.2. The van der Waals surface area contributed by atoms with Gasteiger partial charge in [-0.2, -0.15) is 4.98 Å². The van der Waals surface area contributed by atoms with Crippen LogP contribution in [0.2, 0.25) is 0 Å². The molecular formula is C11H13N3O3. The van der Waals surface area contributed by atoms with Gasteiger partial charge < -0.3 is 20.1 Å². The van der Waals surface area contributed by atoms with Crippen molar-refractivity contribution in [3.05, 3.63) is 30.2 Å². The first kappa shape index (κ1) is 11.6. The van der Waals surface area contributed by atoms with Crippen molar-refractivity contribution in [3.63, 3.8) is 0 Å². The van der Waals surface area contributed by atoms with Crippen LogP contribution in [0.3, 0.4) is 0 Å². The van der Waals surface area contributed by atoms with Crippen LogP contribution in [0.15, 0.2) is 28.8 Å². The Morgan fingerprint density at radius 2 is 2.12 bits per heavy atom. The molecule has 6 heteroatoms. The van der Waals surface area contributed by atoms with Crippen LogP contribution in [-0.2, 0) is 0 Å². The Hall–Kier alpha value is -1.92. The maximum Gasteiger partial charge on any atom is 0.246 e. The predicted molar refractivity (Wildman–Crippen MR) is 60.3 cm³/mol. The second kappa shape index (κ2) is 4.94. The molecule has 0 saturated carbocycles. The Labute approximate surface area is 98.0 Å². The minimum atomic E-state index is -0.644. The van der Waals surface area contributed by atoms with Crippen LogP contribution < -0.4 is 10.5 Å². The highest BCUT2D eigenvalue weighted by Crippen LogP contribution is 2.20. The second-order valence-electron chi connectivity index (χ2n) is 3.47. The molecule has 6 nitrogen and oxygen atoms in total. The molecule has 0 saturated heterocycles. The van der Waals surface area contributed by atoms with Crippen molar-refractivity contribution in [2.45, 2.75) is 6.04 Å². The first-order valence-corrected chi connectivity index (χ1v) is 5.09. The molecule has 1 aromatic carbocycles. The summed E-state index contributed by atoms with van der Waals surface area (Å²) in [7, 11) is 1.60. The zero-order valence-electron chi connectivity index (χ0n) is 9.33. The van der Waals surface area contributed by atoms with E-state index in [4.69, 9.17) is 20.1 Å². The molecule has 0 fully saturated rings. The standard InChI is InChI=1S/C11H13N3O3/c1-16-8-4-2-7(3-5-8)10-13-11(17-14-10)9(12)6-15/h2-5,9,15H,6,12H2,1H3. The number of benzene rings is 1. The average Bonchev–Trinajstić information content (AvgIpc) is 2.87. The van der Waals surface area contributed by atoms with Crippen molar-refractivity contribution in [1.29, 1.82) is 0 Å². The maximum absolute atomic E-state index is 8.87. The van der Waals surface area contributed by atoms with Gasteiger partial charge in [-0.3, -0.25) is 0 Å². The van der Waals surface area contributed by atoms with E-state index in [1.54, 1.807) is 19.2 Å². The predicted octanol–water partition coefficient (Wildman–Crippen LogP) is 0.737. The van der Waals surface area contributed by atoms with Gasteiger partial charge in [-0.1, -0.05) is 5.16 Å². The number of hydrogen-bond acceptors (Lipinski definition) is 6. The molecule has 0 bridgehead atoms. The molecule has 2 aromatic rings. The summed E-state index contributed by atoms with van der Waals surface area (Å²) in [5.41, 5.74) is 6.36. The highest BCUT2D eigenvalue weighted by atomic mass is 16.5. The van der Waals surface area contributed by atoms with E-state index in [1.165, 1.54) is 0 Å². The summed E-state index contributed by atoms with van der Waals surface area (Å²) in [5, 5.41) is 12.7. The third-order valence-corrected chi connectivity index (χ3v) is 2.30. The summed E-state index contributed by atoms with van der Waals surface area (Å²) in [6.45, 7) is -0.232. The number of hydrogen-bond donors (Lipinski definition) is 2. The second-order valence-corrected chi connectivity index (χ2v) is 3.47. The molecule has 1 aromatic heterocycles. The molecule has 1 atom stereocenters. The molecule has 17 heavy (non-hydrogen) atoms. The Morgan fingerprint density at radius 1 is 1.41 bits per heavy atom. The average molecular weight is 235 g/mol. The van der Waals surface area contributed by atoms with Gasteiger partial charge in [0.2, 0.25) is 11.7 Å². The number of aliphatic hydroxyl groups excluding tert-OH is 1. The lowest BCUT2D eigenvalue weighted by Gasteiger charge is -1.99. The fraction of sp³-hybridized carbons (Fsp3) is 0.273. The zero-order chi connectivity index (χ0) is 12.3. The monoisotopic (exact) mass is 235 g/mol. The van der Waals surface area contributed by atoms with E-state index in [0.717, 1.165) is 11.3 Å². The van der Waals surface area contributed by atoms with Crippen molar-refractivity contribution < 1.29 is 14.4 Å². The van der Waals surface area contributed by atoms with Gasteiger partial charge in [-0.15, -0.1) is 0 Å². The van der Waals surface area contributed by atoms with Gasteiger partial charge in [-0.05, 0) is 24.3 Å². The lowest BCUT2D eigenvalue weighted by molar-refractivity contribution is 0.237. The van der Waals surface area contributed by atoms with Crippen molar-refractivity contribution in [2.75, 3.05) is 13.7 Å². The number of nitrogens with zero attached hydrogens (tertiary/aromatic N) is 2. The van der Waals surface area contributed by atoms with Crippen LogP contribution in [0.1, 0.15) is 11.9 Å². The molecule has 90 valence electrons. The fourth-order valence-corrected chi connectivity index (χ4v) is 1.32. The zero-order valence-corrected chi connectivity index (χ0v) is 9.33. The Kier molecular flexibility index (Phi) is 3.36. The number of rotatable bonds is 4. The number of methoxy groups -OCH3 is 1. The maximum atomic E-state index is 8.87. The molecule has 3 N–H and O–H groups in total. The van der Waals surface area contributed by atoms with Gasteiger partial charge in [0.1, 0.15) is 11.8 Å². The smallest absolute Gasteiger partial charge is 0.246 e. The molecule has 0 aliphatic heterocycles. The molecule has 0 aliphatic rings.